The number of carbonyl (C=O) groups excluding carboxylic acids is 1. The fourth-order valence-corrected chi connectivity index (χ4v) is 5.59. The molecule has 1 fully saturated rings. The second kappa shape index (κ2) is 8.50. The monoisotopic (exact) mass is 416 g/mol. The highest BCUT2D eigenvalue weighted by Crippen LogP contribution is 2.36. The summed E-state index contributed by atoms with van der Waals surface area (Å²) in [6, 6.07) is 8.36. The summed E-state index contributed by atoms with van der Waals surface area (Å²) >= 11 is 4.75. The van der Waals surface area contributed by atoms with E-state index in [-0.39, 0.29) is 5.91 Å². The zero-order chi connectivity index (χ0) is 18.6. The van der Waals surface area contributed by atoms with E-state index < -0.39 is 0 Å². The van der Waals surface area contributed by atoms with Gasteiger partial charge in [-0.1, -0.05) is 30.7 Å². The molecule has 1 saturated carbocycles. The molecule has 1 amide bonds. The second-order valence-corrected chi connectivity index (χ2v) is 9.45. The summed E-state index contributed by atoms with van der Waals surface area (Å²) in [4.78, 5) is 18.9. The van der Waals surface area contributed by atoms with E-state index >= 15 is 0 Å². The van der Waals surface area contributed by atoms with Gasteiger partial charge < -0.3 is 5.32 Å². The second-order valence-electron chi connectivity index (χ2n) is 6.51. The number of thiazole rings is 1. The fourth-order valence-electron chi connectivity index (χ4n) is 3.14. The summed E-state index contributed by atoms with van der Waals surface area (Å²) in [6.45, 7) is 2.00. The largest absolute Gasteiger partial charge is 0.353 e. The average molecular weight is 417 g/mol. The Morgan fingerprint density at radius 1 is 1.26 bits per heavy atom. The van der Waals surface area contributed by atoms with Crippen LogP contribution in [0.2, 0.25) is 0 Å². The summed E-state index contributed by atoms with van der Waals surface area (Å²) in [6.07, 6.45) is 4.64. The number of hydrogen-bond acceptors (Lipinski definition) is 7. The number of aromatic nitrogens is 3. The first-order valence-corrected chi connectivity index (χ1v) is 11.6. The van der Waals surface area contributed by atoms with Crippen molar-refractivity contribution in [1.29, 1.82) is 0 Å². The van der Waals surface area contributed by atoms with Crippen LogP contribution in [0.3, 0.4) is 0 Å². The minimum absolute atomic E-state index is 0.0802. The van der Waals surface area contributed by atoms with Crippen LogP contribution in [-0.4, -0.2) is 32.9 Å². The number of aryl methyl sites for hydroxylation is 1. The van der Waals surface area contributed by atoms with Crippen molar-refractivity contribution >= 4 is 40.3 Å². The lowest BCUT2D eigenvalue weighted by Gasteiger charge is -2.11. The molecule has 5 nitrogen and oxygen atoms in total. The molecule has 3 heterocycles. The van der Waals surface area contributed by atoms with E-state index in [1.165, 1.54) is 29.5 Å². The van der Waals surface area contributed by atoms with Gasteiger partial charge in [0.25, 0.3) is 0 Å². The van der Waals surface area contributed by atoms with Gasteiger partial charge in [0, 0.05) is 6.04 Å². The third kappa shape index (κ3) is 4.56. The Labute approximate surface area is 170 Å². The van der Waals surface area contributed by atoms with Gasteiger partial charge in [0.15, 0.2) is 0 Å². The molecule has 0 saturated heterocycles. The Morgan fingerprint density at radius 3 is 2.81 bits per heavy atom. The highest BCUT2D eigenvalue weighted by atomic mass is 32.2. The van der Waals surface area contributed by atoms with Crippen molar-refractivity contribution in [2.75, 3.05) is 5.75 Å². The van der Waals surface area contributed by atoms with Gasteiger partial charge >= 0.3 is 0 Å². The summed E-state index contributed by atoms with van der Waals surface area (Å²) in [5.74, 6) is 0.462. The van der Waals surface area contributed by atoms with Gasteiger partial charge in [0.05, 0.1) is 21.2 Å². The Balaban J connectivity index is 1.38. The topological polar surface area (TPSA) is 67.8 Å². The summed E-state index contributed by atoms with van der Waals surface area (Å²) < 4.78 is 0. The van der Waals surface area contributed by atoms with Gasteiger partial charge in [-0.2, -0.15) is 0 Å². The maximum Gasteiger partial charge on any atom is 0.230 e. The van der Waals surface area contributed by atoms with Gasteiger partial charge in [-0.25, -0.2) is 4.98 Å². The van der Waals surface area contributed by atoms with E-state index in [2.05, 4.69) is 31.9 Å². The number of amides is 1. The summed E-state index contributed by atoms with van der Waals surface area (Å²) in [5, 5.41) is 15.6. The highest BCUT2D eigenvalue weighted by molar-refractivity contribution is 7.99. The molecule has 4 rings (SSSR count). The van der Waals surface area contributed by atoms with Crippen LogP contribution in [0.1, 0.15) is 31.4 Å². The Morgan fingerprint density at radius 2 is 2.11 bits per heavy atom. The molecule has 1 aliphatic carbocycles. The third-order valence-corrected chi connectivity index (χ3v) is 7.61. The predicted molar refractivity (Wildman–Crippen MR) is 112 cm³/mol. The van der Waals surface area contributed by atoms with Crippen LogP contribution >= 0.6 is 34.4 Å². The number of thioether (sulfide) groups is 1. The van der Waals surface area contributed by atoms with Gasteiger partial charge in [-0.05, 0) is 43.3 Å². The van der Waals surface area contributed by atoms with Gasteiger partial charge in [0.2, 0.25) is 5.91 Å². The maximum atomic E-state index is 12.0. The molecule has 0 bridgehead atoms. The normalized spacial score (nSPS) is 14.6. The van der Waals surface area contributed by atoms with E-state index in [4.69, 9.17) is 0 Å². The van der Waals surface area contributed by atoms with Crippen molar-refractivity contribution in [3.63, 3.8) is 0 Å². The molecule has 1 aliphatic rings. The van der Waals surface area contributed by atoms with Crippen LogP contribution in [0.4, 0.5) is 0 Å². The molecular weight excluding hydrogens is 396 g/mol. The smallest absolute Gasteiger partial charge is 0.230 e. The first-order chi connectivity index (χ1) is 13.2. The van der Waals surface area contributed by atoms with Crippen LogP contribution in [0, 0.1) is 6.92 Å². The number of rotatable bonds is 6. The molecule has 0 aromatic carbocycles. The molecule has 0 radical (unpaired) electrons. The van der Waals surface area contributed by atoms with Crippen molar-refractivity contribution in [3.8, 4) is 20.5 Å². The lowest BCUT2D eigenvalue weighted by Crippen LogP contribution is -2.33. The van der Waals surface area contributed by atoms with E-state index in [0.717, 1.165) is 39.1 Å². The quantitative estimate of drug-likeness (QED) is 0.585. The predicted octanol–water partition coefficient (Wildman–Crippen LogP) is 4.79. The molecule has 0 atom stereocenters. The van der Waals surface area contributed by atoms with Crippen LogP contribution in [0.5, 0.6) is 0 Å². The maximum absolute atomic E-state index is 12.0. The van der Waals surface area contributed by atoms with E-state index in [0.29, 0.717) is 11.8 Å². The molecule has 27 heavy (non-hydrogen) atoms. The van der Waals surface area contributed by atoms with E-state index in [9.17, 15) is 4.79 Å². The molecule has 3 aromatic heterocycles. The fraction of sp³-hybridized carbons (Fsp3) is 0.368. The Hall–Kier alpha value is -1.77. The van der Waals surface area contributed by atoms with Crippen LogP contribution in [-0.2, 0) is 4.79 Å². The SMILES string of the molecule is Cc1nc(-c2cccs2)sc1-c1ccc(SCC(=O)NC2CCCC2)nn1. The first kappa shape index (κ1) is 18.6. The first-order valence-electron chi connectivity index (χ1n) is 8.96. The van der Waals surface area contributed by atoms with E-state index in [1.54, 1.807) is 22.7 Å². The number of nitrogens with one attached hydrogen (secondary N) is 1. The molecule has 140 valence electrons. The van der Waals surface area contributed by atoms with Crippen molar-refractivity contribution in [1.82, 2.24) is 20.5 Å². The minimum atomic E-state index is 0.0802. The van der Waals surface area contributed by atoms with Crippen molar-refractivity contribution in [3.05, 3.63) is 35.3 Å². The zero-order valence-corrected chi connectivity index (χ0v) is 17.4. The number of nitrogens with zero attached hydrogens (tertiary/aromatic N) is 3. The van der Waals surface area contributed by atoms with Gasteiger partial charge in [0.1, 0.15) is 15.7 Å². The number of thiophene rings is 1. The lowest BCUT2D eigenvalue weighted by atomic mass is 10.2. The third-order valence-electron chi connectivity index (χ3n) is 4.47. The Bertz CT molecular complexity index is 900. The number of hydrogen-bond donors (Lipinski definition) is 1. The van der Waals surface area contributed by atoms with Crippen molar-refractivity contribution in [2.24, 2.45) is 0 Å². The average Bonchev–Trinajstić information content (AvgIpc) is 3.42. The lowest BCUT2D eigenvalue weighted by molar-refractivity contribution is -0.119. The van der Waals surface area contributed by atoms with Crippen LogP contribution in [0.25, 0.3) is 20.5 Å². The molecule has 0 aliphatic heterocycles. The van der Waals surface area contributed by atoms with Crippen molar-refractivity contribution in [2.45, 2.75) is 43.7 Å². The molecular formula is C19H20N4OS3. The van der Waals surface area contributed by atoms with E-state index in [1.807, 2.05) is 25.1 Å². The molecule has 0 spiro atoms. The van der Waals surface area contributed by atoms with Crippen LogP contribution < -0.4 is 5.32 Å². The highest BCUT2D eigenvalue weighted by Gasteiger charge is 2.17. The standard InChI is InChI=1S/C19H20N4OS3/c1-12-18(27-19(20-12)15-7-4-10-25-15)14-8-9-17(23-22-14)26-11-16(24)21-13-5-2-3-6-13/h4,7-10,13H,2-3,5-6,11H2,1H3,(H,21,24). The molecule has 3 aromatic rings. The molecule has 8 heteroatoms. The van der Waals surface area contributed by atoms with Crippen molar-refractivity contribution < 1.29 is 4.79 Å². The Kier molecular flexibility index (Phi) is 5.85. The minimum Gasteiger partial charge on any atom is -0.353 e. The zero-order valence-electron chi connectivity index (χ0n) is 15.0. The molecule has 1 N–H and O–H groups in total. The summed E-state index contributed by atoms with van der Waals surface area (Å²) in [7, 11) is 0. The van der Waals surface area contributed by atoms with Crippen LogP contribution in [0.15, 0.2) is 34.7 Å². The number of carbonyl (C=O) groups is 1. The molecule has 0 unspecified atom stereocenters. The van der Waals surface area contributed by atoms with Gasteiger partial charge in [-0.3, -0.25) is 4.79 Å². The summed E-state index contributed by atoms with van der Waals surface area (Å²) in [5.41, 5.74) is 1.79. The van der Waals surface area contributed by atoms with Gasteiger partial charge in [-0.15, -0.1) is 32.9 Å².